The van der Waals surface area contributed by atoms with E-state index in [1.165, 1.54) is 23.4 Å². The molecule has 4 rings (SSSR count). The molecule has 9 heteroatoms. The van der Waals surface area contributed by atoms with Gasteiger partial charge in [-0.25, -0.2) is 18.4 Å². The molecule has 2 heterocycles. The minimum Gasteiger partial charge on any atom is -0.381 e. The smallest absolute Gasteiger partial charge is 0.137 e. The van der Waals surface area contributed by atoms with Crippen molar-refractivity contribution in [2.45, 2.75) is 25.1 Å². The van der Waals surface area contributed by atoms with Crippen LogP contribution in [0.5, 0.6) is 0 Å². The van der Waals surface area contributed by atoms with E-state index < -0.39 is 23.3 Å². The summed E-state index contributed by atoms with van der Waals surface area (Å²) in [5.41, 5.74) is -0.329. The zero-order chi connectivity index (χ0) is 21.3. The molecule has 0 aliphatic carbocycles. The highest BCUT2D eigenvalue weighted by atomic mass is 35.5. The van der Waals surface area contributed by atoms with Crippen molar-refractivity contribution in [1.29, 1.82) is 0 Å². The summed E-state index contributed by atoms with van der Waals surface area (Å²) in [6.07, 6.45) is 4.43. The van der Waals surface area contributed by atoms with Crippen LogP contribution in [0.4, 0.5) is 8.78 Å². The highest BCUT2D eigenvalue weighted by molar-refractivity contribution is 6.30. The Labute approximate surface area is 176 Å². The Morgan fingerprint density at radius 3 is 2.57 bits per heavy atom. The van der Waals surface area contributed by atoms with Crippen LogP contribution in [-0.4, -0.2) is 29.7 Å². The molecule has 0 fully saturated rings. The molecule has 30 heavy (non-hydrogen) atoms. The quantitative estimate of drug-likeness (QED) is 0.498. The van der Waals surface area contributed by atoms with Crippen molar-refractivity contribution in [3.8, 4) is 11.3 Å². The fourth-order valence-electron chi connectivity index (χ4n) is 3.39. The number of hydrogen-bond donors (Lipinski definition) is 1. The molecule has 154 valence electrons. The molecule has 2 atom stereocenters. The second kappa shape index (κ2) is 7.97. The first-order chi connectivity index (χ1) is 14.4. The summed E-state index contributed by atoms with van der Waals surface area (Å²) < 4.78 is 31.1. The molecular weight excluding hydrogens is 412 g/mol. The Hall–Kier alpha value is -3.10. The monoisotopic (exact) mass is 429 g/mol. The molecule has 0 aliphatic rings. The largest absolute Gasteiger partial charge is 0.381 e. The summed E-state index contributed by atoms with van der Waals surface area (Å²) in [7, 11) is 0. The van der Waals surface area contributed by atoms with E-state index >= 15 is 0 Å². The first-order valence-electron chi connectivity index (χ1n) is 9.18. The zero-order valence-electron chi connectivity index (χ0n) is 16.0. The van der Waals surface area contributed by atoms with Gasteiger partial charge >= 0.3 is 0 Å². The van der Waals surface area contributed by atoms with Crippen LogP contribution >= 0.6 is 11.6 Å². The van der Waals surface area contributed by atoms with E-state index in [4.69, 9.17) is 11.6 Å². The molecule has 2 aromatic carbocycles. The number of hydrogen-bond acceptors (Lipinski definition) is 4. The molecule has 0 spiro atoms. The van der Waals surface area contributed by atoms with Crippen molar-refractivity contribution in [2.24, 2.45) is 0 Å². The van der Waals surface area contributed by atoms with Crippen LogP contribution in [0.1, 0.15) is 18.5 Å². The van der Waals surface area contributed by atoms with Gasteiger partial charge in [0.05, 0.1) is 18.3 Å². The van der Waals surface area contributed by atoms with Crippen LogP contribution in [0.3, 0.4) is 0 Å². The second-order valence-electron chi connectivity index (χ2n) is 7.01. The first-order valence-corrected chi connectivity index (χ1v) is 9.56. The molecule has 1 N–H and O–H groups in total. The minimum absolute atomic E-state index is 0.0598. The van der Waals surface area contributed by atoms with Gasteiger partial charge in [0.25, 0.3) is 0 Å². The van der Waals surface area contributed by atoms with Crippen molar-refractivity contribution in [3.63, 3.8) is 0 Å². The number of benzene rings is 2. The highest BCUT2D eigenvalue weighted by Crippen LogP contribution is 2.37. The normalized spacial score (nSPS) is 14.4. The Kier molecular flexibility index (Phi) is 5.36. The fraction of sp³-hybridized carbons (Fsp3) is 0.190. The molecule has 0 aliphatic heterocycles. The van der Waals surface area contributed by atoms with E-state index in [2.05, 4.69) is 15.2 Å². The summed E-state index contributed by atoms with van der Waals surface area (Å²) >= 11 is 5.94. The number of rotatable bonds is 6. The van der Waals surface area contributed by atoms with Gasteiger partial charge in [0, 0.05) is 28.4 Å². The summed E-state index contributed by atoms with van der Waals surface area (Å²) in [6, 6.07) is 11.3. The lowest BCUT2D eigenvalue weighted by Crippen LogP contribution is -2.40. The van der Waals surface area contributed by atoms with Crippen molar-refractivity contribution < 1.29 is 13.9 Å². The van der Waals surface area contributed by atoms with Gasteiger partial charge in [-0.15, -0.1) is 0 Å². The maximum atomic E-state index is 14.7. The first kappa shape index (κ1) is 20.2. The van der Waals surface area contributed by atoms with Crippen LogP contribution in [0, 0.1) is 11.6 Å². The van der Waals surface area contributed by atoms with Crippen molar-refractivity contribution in [1.82, 2.24) is 24.5 Å². The molecule has 0 saturated carbocycles. The summed E-state index contributed by atoms with van der Waals surface area (Å²) in [5, 5.41) is 20.8. The summed E-state index contributed by atoms with van der Waals surface area (Å²) in [4.78, 5) is 3.87. The summed E-state index contributed by atoms with van der Waals surface area (Å²) in [6.45, 7) is 1.60. The van der Waals surface area contributed by atoms with Crippen LogP contribution in [-0.2, 0) is 12.1 Å². The Balaban J connectivity index is 1.74. The average molecular weight is 430 g/mol. The molecule has 0 amide bonds. The van der Waals surface area contributed by atoms with Crippen molar-refractivity contribution >= 4 is 11.6 Å². The van der Waals surface area contributed by atoms with Crippen LogP contribution in [0.15, 0.2) is 67.4 Å². The van der Waals surface area contributed by atoms with Crippen molar-refractivity contribution in [3.05, 3.63) is 89.6 Å². The van der Waals surface area contributed by atoms with E-state index in [0.717, 1.165) is 17.7 Å². The molecule has 2 aromatic heterocycles. The fourth-order valence-corrected chi connectivity index (χ4v) is 3.52. The SMILES string of the molecule is C[C@@H](n1ccc(-c2ccc(Cl)cc2)n1)[C@](O)(Cn1cncn1)c1ccc(F)cc1F. The molecule has 0 unspecified atom stereocenters. The molecular formula is C21H18ClF2N5O. The van der Waals surface area contributed by atoms with E-state index in [1.807, 2.05) is 12.1 Å². The minimum atomic E-state index is -1.78. The Morgan fingerprint density at radius 1 is 1.13 bits per heavy atom. The van der Waals surface area contributed by atoms with Crippen molar-refractivity contribution in [2.75, 3.05) is 0 Å². The molecule has 0 bridgehead atoms. The number of nitrogens with zero attached hydrogens (tertiary/aromatic N) is 5. The van der Waals surface area contributed by atoms with Gasteiger partial charge in [-0.3, -0.25) is 4.68 Å². The third kappa shape index (κ3) is 3.83. The summed E-state index contributed by atoms with van der Waals surface area (Å²) in [5.74, 6) is -1.58. The number of aromatic nitrogens is 5. The van der Waals surface area contributed by atoms with Gasteiger partial charge in [-0.2, -0.15) is 10.2 Å². The van der Waals surface area contributed by atoms with E-state index in [-0.39, 0.29) is 12.1 Å². The van der Waals surface area contributed by atoms with Gasteiger partial charge in [0.1, 0.15) is 29.9 Å². The maximum Gasteiger partial charge on any atom is 0.137 e. The third-order valence-corrected chi connectivity index (χ3v) is 5.36. The Morgan fingerprint density at radius 2 is 1.90 bits per heavy atom. The van der Waals surface area contributed by atoms with Gasteiger partial charge < -0.3 is 5.11 Å². The second-order valence-corrected chi connectivity index (χ2v) is 7.44. The van der Waals surface area contributed by atoms with Crippen LogP contribution in [0.2, 0.25) is 5.02 Å². The van der Waals surface area contributed by atoms with Gasteiger partial charge in [0.2, 0.25) is 0 Å². The van der Waals surface area contributed by atoms with Crippen LogP contribution in [0.25, 0.3) is 11.3 Å². The van der Waals surface area contributed by atoms with Crippen LogP contribution < -0.4 is 0 Å². The predicted octanol–water partition coefficient (Wildman–Crippen LogP) is 4.22. The molecule has 0 saturated heterocycles. The molecule has 0 radical (unpaired) electrons. The predicted molar refractivity (Wildman–Crippen MR) is 108 cm³/mol. The maximum absolute atomic E-state index is 14.7. The lowest BCUT2D eigenvalue weighted by atomic mass is 9.86. The lowest BCUT2D eigenvalue weighted by Gasteiger charge is -2.34. The molecule has 4 aromatic rings. The zero-order valence-corrected chi connectivity index (χ0v) is 16.7. The molecule has 6 nitrogen and oxygen atoms in total. The average Bonchev–Trinajstić information content (AvgIpc) is 3.40. The Bertz CT molecular complexity index is 1150. The number of aliphatic hydroxyl groups is 1. The van der Waals surface area contributed by atoms with Gasteiger partial charge in [0.15, 0.2) is 0 Å². The van der Waals surface area contributed by atoms with E-state index in [1.54, 1.807) is 36.0 Å². The topological polar surface area (TPSA) is 68.8 Å². The lowest BCUT2D eigenvalue weighted by molar-refractivity contribution is -0.0368. The highest BCUT2D eigenvalue weighted by Gasteiger charge is 2.40. The van der Waals surface area contributed by atoms with Gasteiger partial charge in [-0.05, 0) is 31.2 Å². The van der Waals surface area contributed by atoms with Gasteiger partial charge in [-0.1, -0.05) is 29.8 Å². The third-order valence-electron chi connectivity index (χ3n) is 5.10. The standard InChI is InChI=1S/C21H18ClF2N5O/c1-14(29-9-8-20(27-29)15-2-4-16(22)5-3-15)21(30,11-28-13-25-12-26-28)18-7-6-17(23)10-19(18)24/h2-10,12-14,30H,11H2,1H3/t14-,21-/m1/s1. The van der Waals surface area contributed by atoms with E-state index in [9.17, 15) is 13.9 Å². The number of halogens is 3. The van der Waals surface area contributed by atoms with E-state index in [0.29, 0.717) is 10.7 Å².